The van der Waals surface area contributed by atoms with Crippen LogP contribution in [0.1, 0.15) is 61.4 Å². The van der Waals surface area contributed by atoms with Gasteiger partial charge in [0.25, 0.3) is 5.91 Å². The largest absolute Gasteiger partial charge is 0.486 e. The molecule has 33 heavy (non-hydrogen) atoms. The standard InChI is InChI=1S/C24H30N2O7/c1-2-30-23(29)26-12-10-24(11-13-26)16-19(27)18-8-6-17(15-20(18)32-24)7-9-21(28)25-33-22-5-3-4-14-31-22/h6-9,15,22H,2-5,10-14,16H2,1H3,(H,25,28). The summed E-state index contributed by atoms with van der Waals surface area (Å²) < 4.78 is 16.8. The van der Waals surface area contributed by atoms with E-state index >= 15 is 0 Å². The zero-order chi connectivity index (χ0) is 23.3. The molecule has 1 aromatic carbocycles. The Morgan fingerprint density at radius 2 is 2.09 bits per heavy atom. The van der Waals surface area contributed by atoms with E-state index in [0.717, 1.165) is 24.8 Å². The summed E-state index contributed by atoms with van der Waals surface area (Å²) in [7, 11) is 0. The molecule has 1 atom stereocenters. The molecule has 0 radical (unpaired) electrons. The van der Waals surface area contributed by atoms with Crippen molar-refractivity contribution in [3.63, 3.8) is 0 Å². The third-order valence-electron chi connectivity index (χ3n) is 6.17. The SMILES string of the molecule is CCOC(=O)N1CCC2(CC1)CC(=O)c1ccc(C=CC(=O)NOC3CCCCO3)cc1O2. The van der Waals surface area contributed by atoms with Crippen molar-refractivity contribution >= 4 is 23.9 Å². The number of amides is 2. The maximum absolute atomic E-state index is 12.8. The van der Waals surface area contributed by atoms with Crippen molar-refractivity contribution in [1.82, 2.24) is 10.4 Å². The number of Topliss-reactive ketones (excluding diaryl/α,β-unsaturated/α-hetero) is 1. The predicted octanol–water partition coefficient (Wildman–Crippen LogP) is 3.23. The summed E-state index contributed by atoms with van der Waals surface area (Å²) in [5.41, 5.74) is 3.02. The van der Waals surface area contributed by atoms with Crippen LogP contribution in [-0.2, 0) is 19.1 Å². The predicted molar refractivity (Wildman–Crippen MR) is 118 cm³/mol. The Labute approximate surface area is 192 Å². The van der Waals surface area contributed by atoms with Crippen molar-refractivity contribution in [1.29, 1.82) is 0 Å². The molecule has 3 aliphatic rings. The number of likely N-dealkylation sites (tertiary alicyclic amines) is 1. The lowest BCUT2D eigenvalue weighted by molar-refractivity contribution is -0.198. The fraction of sp³-hybridized carbons (Fsp3) is 0.542. The van der Waals surface area contributed by atoms with Gasteiger partial charge in [-0.3, -0.25) is 9.59 Å². The highest BCUT2D eigenvalue weighted by molar-refractivity contribution is 6.01. The normalized spacial score (nSPS) is 22.0. The van der Waals surface area contributed by atoms with Gasteiger partial charge in [0.05, 0.1) is 18.6 Å². The first-order valence-electron chi connectivity index (χ1n) is 11.5. The van der Waals surface area contributed by atoms with Gasteiger partial charge in [-0.15, -0.1) is 0 Å². The molecular formula is C24H30N2O7. The summed E-state index contributed by atoms with van der Waals surface area (Å²) in [5, 5.41) is 0. The fourth-order valence-electron chi connectivity index (χ4n) is 4.34. The van der Waals surface area contributed by atoms with Crippen LogP contribution in [0.2, 0.25) is 0 Å². The number of ketones is 1. The highest BCUT2D eigenvalue weighted by atomic mass is 16.8. The van der Waals surface area contributed by atoms with Crippen LogP contribution in [0.3, 0.4) is 0 Å². The minimum absolute atomic E-state index is 0.0231. The molecule has 0 saturated carbocycles. The molecule has 4 rings (SSSR count). The number of ether oxygens (including phenoxy) is 3. The lowest BCUT2D eigenvalue weighted by atomic mass is 9.82. The lowest BCUT2D eigenvalue weighted by Gasteiger charge is -2.43. The zero-order valence-corrected chi connectivity index (χ0v) is 18.8. The number of hydrogen-bond donors (Lipinski definition) is 1. The van der Waals surface area contributed by atoms with Gasteiger partial charge in [-0.05, 0) is 43.5 Å². The number of rotatable bonds is 5. The minimum atomic E-state index is -0.624. The van der Waals surface area contributed by atoms with Crippen LogP contribution in [0.4, 0.5) is 4.79 Å². The van der Waals surface area contributed by atoms with E-state index in [4.69, 9.17) is 19.0 Å². The maximum atomic E-state index is 12.8. The van der Waals surface area contributed by atoms with Crippen molar-refractivity contribution in [3.05, 3.63) is 35.4 Å². The summed E-state index contributed by atoms with van der Waals surface area (Å²) in [6.45, 7) is 3.69. The van der Waals surface area contributed by atoms with E-state index in [-0.39, 0.29) is 18.3 Å². The van der Waals surface area contributed by atoms with E-state index in [1.54, 1.807) is 36.1 Å². The van der Waals surface area contributed by atoms with Crippen LogP contribution in [0.15, 0.2) is 24.3 Å². The minimum Gasteiger partial charge on any atom is -0.486 e. The first kappa shape index (κ1) is 23.3. The molecule has 1 N–H and O–H groups in total. The summed E-state index contributed by atoms with van der Waals surface area (Å²) in [6, 6.07) is 5.26. The Balaban J connectivity index is 1.36. The van der Waals surface area contributed by atoms with Crippen LogP contribution in [0, 0.1) is 0 Å². The number of carbonyl (C=O) groups excluding carboxylic acids is 3. The monoisotopic (exact) mass is 458 g/mol. The molecule has 2 saturated heterocycles. The molecule has 1 unspecified atom stereocenters. The van der Waals surface area contributed by atoms with Gasteiger partial charge in [-0.1, -0.05) is 6.07 Å². The van der Waals surface area contributed by atoms with E-state index in [2.05, 4.69) is 5.48 Å². The molecular weight excluding hydrogens is 428 g/mol. The zero-order valence-electron chi connectivity index (χ0n) is 18.8. The van der Waals surface area contributed by atoms with Crippen molar-refractivity contribution in [2.75, 3.05) is 26.3 Å². The Morgan fingerprint density at radius 1 is 1.27 bits per heavy atom. The van der Waals surface area contributed by atoms with Crippen molar-refractivity contribution in [2.45, 2.75) is 57.3 Å². The number of nitrogens with zero attached hydrogens (tertiary/aromatic N) is 1. The number of fused-ring (bicyclic) bond motifs is 1. The Hall–Kier alpha value is -2.91. The molecule has 1 aromatic rings. The van der Waals surface area contributed by atoms with E-state index in [9.17, 15) is 14.4 Å². The number of hydrogen-bond acceptors (Lipinski definition) is 7. The molecule has 0 aliphatic carbocycles. The van der Waals surface area contributed by atoms with Gasteiger partial charge in [-0.2, -0.15) is 0 Å². The van der Waals surface area contributed by atoms with Gasteiger partial charge in [0, 0.05) is 45.0 Å². The molecule has 178 valence electrons. The number of nitrogens with one attached hydrogen (secondary N) is 1. The first-order valence-corrected chi connectivity index (χ1v) is 11.5. The summed E-state index contributed by atoms with van der Waals surface area (Å²) in [4.78, 5) is 43.8. The average molecular weight is 459 g/mol. The topological polar surface area (TPSA) is 103 Å². The molecule has 3 aliphatic heterocycles. The second-order valence-corrected chi connectivity index (χ2v) is 8.54. The molecule has 0 aromatic heterocycles. The summed E-state index contributed by atoms with van der Waals surface area (Å²) in [5.74, 6) is 0.127. The summed E-state index contributed by atoms with van der Waals surface area (Å²) >= 11 is 0. The average Bonchev–Trinajstić information content (AvgIpc) is 2.82. The molecule has 9 nitrogen and oxygen atoms in total. The van der Waals surface area contributed by atoms with Crippen molar-refractivity contribution in [2.24, 2.45) is 0 Å². The van der Waals surface area contributed by atoms with E-state index in [0.29, 0.717) is 50.5 Å². The molecule has 2 fully saturated rings. The van der Waals surface area contributed by atoms with Gasteiger partial charge in [0.15, 0.2) is 12.1 Å². The molecule has 3 heterocycles. The van der Waals surface area contributed by atoms with Crippen molar-refractivity contribution in [3.8, 4) is 5.75 Å². The highest BCUT2D eigenvalue weighted by Crippen LogP contribution is 2.40. The first-order chi connectivity index (χ1) is 16.0. The highest BCUT2D eigenvalue weighted by Gasteiger charge is 2.43. The van der Waals surface area contributed by atoms with E-state index < -0.39 is 17.8 Å². The van der Waals surface area contributed by atoms with Gasteiger partial charge in [-0.25, -0.2) is 15.1 Å². The van der Waals surface area contributed by atoms with Gasteiger partial charge >= 0.3 is 6.09 Å². The Kier molecular flexibility index (Phi) is 7.29. The molecule has 9 heteroatoms. The second kappa shape index (κ2) is 10.4. The Morgan fingerprint density at radius 3 is 2.82 bits per heavy atom. The van der Waals surface area contributed by atoms with Gasteiger partial charge in [0.2, 0.25) is 0 Å². The maximum Gasteiger partial charge on any atom is 0.409 e. The fourth-order valence-corrected chi connectivity index (χ4v) is 4.34. The molecule has 1 spiro atoms. The van der Waals surface area contributed by atoms with Crippen LogP contribution in [0.25, 0.3) is 6.08 Å². The molecule has 0 bridgehead atoms. The second-order valence-electron chi connectivity index (χ2n) is 8.54. The lowest BCUT2D eigenvalue weighted by Crippen LogP contribution is -2.52. The third-order valence-corrected chi connectivity index (χ3v) is 6.17. The van der Waals surface area contributed by atoms with Gasteiger partial charge in [0.1, 0.15) is 11.4 Å². The molecule has 2 amide bonds. The summed E-state index contributed by atoms with van der Waals surface area (Å²) in [6.07, 6.45) is 6.41. The van der Waals surface area contributed by atoms with Crippen LogP contribution < -0.4 is 10.2 Å². The van der Waals surface area contributed by atoms with Gasteiger partial charge < -0.3 is 19.1 Å². The number of hydroxylamine groups is 1. The van der Waals surface area contributed by atoms with E-state index in [1.807, 2.05) is 0 Å². The number of carbonyl (C=O) groups is 3. The third kappa shape index (κ3) is 5.72. The smallest absolute Gasteiger partial charge is 0.409 e. The van der Waals surface area contributed by atoms with Crippen LogP contribution in [-0.4, -0.2) is 60.9 Å². The van der Waals surface area contributed by atoms with Crippen LogP contribution in [0.5, 0.6) is 5.75 Å². The number of benzene rings is 1. The van der Waals surface area contributed by atoms with Crippen molar-refractivity contribution < 1.29 is 33.4 Å². The Bertz CT molecular complexity index is 915. The number of piperidine rings is 1. The quantitative estimate of drug-likeness (QED) is 0.534. The van der Waals surface area contributed by atoms with Crippen LogP contribution >= 0.6 is 0 Å². The van der Waals surface area contributed by atoms with E-state index in [1.165, 1.54) is 6.08 Å².